The predicted octanol–water partition coefficient (Wildman–Crippen LogP) is 2.40. The summed E-state index contributed by atoms with van der Waals surface area (Å²) < 4.78 is 14.0. The topological polar surface area (TPSA) is 100 Å². The maximum Gasteiger partial charge on any atom is 0.257 e. The Bertz CT molecular complexity index is 1070. The molecular formula is C19H17FN4O2. The fourth-order valence-corrected chi connectivity index (χ4v) is 2.52. The number of carbonyl (C=O) groups excluding carboxylic acids is 1. The summed E-state index contributed by atoms with van der Waals surface area (Å²) in [5.74, 6) is -1.17. The van der Waals surface area contributed by atoms with E-state index in [-0.39, 0.29) is 16.8 Å². The van der Waals surface area contributed by atoms with Crippen LogP contribution in [0.4, 0.5) is 10.1 Å². The number of nitrogens with one attached hydrogen (secondary N) is 3. The Hall–Kier alpha value is -3.61. The van der Waals surface area contributed by atoms with Gasteiger partial charge in [-0.1, -0.05) is 18.2 Å². The van der Waals surface area contributed by atoms with E-state index < -0.39 is 11.7 Å². The first-order chi connectivity index (χ1) is 12.5. The molecule has 0 aliphatic carbocycles. The van der Waals surface area contributed by atoms with Crippen LogP contribution in [0, 0.1) is 5.82 Å². The summed E-state index contributed by atoms with van der Waals surface area (Å²) >= 11 is 0. The molecule has 0 fully saturated rings. The fraction of sp³-hybridized carbons (Fsp3) is 0.0526. The van der Waals surface area contributed by atoms with E-state index in [9.17, 15) is 14.0 Å². The largest absolute Gasteiger partial charge is 0.397 e. The molecular weight excluding hydrogens is 335 g/mol. The minimum Gasteiger partial charge on any atom is -0.397 e. The van der Waals surface area contributed by atoms with Gasteiger partial charge in [-0.05, 0) is 35.7 Å². The van der Waals surface area contributed by atoms with E-state index in [4.69, 9.17) is 5.73 Å². The fourth-order valence-electron chi connectivity index (χ4n) is 2.52. The van der Waals surface area contributed by atoms with Crippen LogP contribution in [0.25, 0.3) is 16.6 Å². The van der Waals surface area contributed by atoms with Crippen LogP contribution >= 0.6 is 0 Å². The monoisotopic (exact) mass is 352 g/mol. The van der Waals surface area contributed by atoms with Crippen molar-refractivity contribution in [3.63, 3.8) is 0 Å². The van der Waals surface area contributed by atoms with E-state index in [1.807, 2.05) is 18.2 Å². The van der Waals surface area contributed by atoms with E-state index in [0.717, 1.165) is 5.39 Å². The summed E-state index contributed by atoms with van der Waals surface area (Å²) in [6.07, 6.45) is 1.41. The minimum absolute atomic E-state index is 0.0547. The molecule has 3 rings (SSSR count). The molecule has 0 bridgehead atoms. The first-order valence-electron chi connectivity index (χ1n) is 7.86. The molecule has 7 heteroatoms. The lowest BCUT2D eigenvalue weighted by atomic mass is 10.1. The number of H-pyrrole nitrogens is 1. The van der Waals surface area contributed by atoms with Gasteiger partial charge in [0.1, 0.15) is 5.82 Å². The zero-order valence-electron chi connectivity index (χ0n) is 14.0. The Balaban J connectivity index is 1.87. The van der Waals surface area contributed by atoms with Crippen LogP contribution in [0.15, 0.2) is 59.5 Å². The van der Waals surface area contributed by atoms with Gasteiger partial charge in [-0.15, -0.1) is 0 Å². The molecule has 0 radical (unpaired) electrons. The third kappa shape index (κ3) is 3.41. The third-order valence-corrected chi connectivity index (χ3v) is 3.90. The van der Waals surface area contributed by atoms with E-state index in [1.165, 1.54) is 25.4 Å². The zero-order chi connectivity index (χ0) is 18.7. The Labute approximate surface area is 148 Å². The number of halogens is 1. The molecule has 0 unspecified atom stereocenters. The van der Waals surface area contributed by atoms with Gasteiger partial charge in [-0.3, -0.25) is 9.59 Å². The molecule has 0 spiro atoms. The van der Waals surface area contributed by atoms with Gasteiger partial charge < -0.3 is 21.4 Å². The van der Waals surface area contributed by atoms with E-state index >= 15 is 0 Å². The minimum atomic E-state index is -0.662. The molecule has 2 aromatic carbocycles. The Kier molecular flexibility index (Phi) is 4.70. The van der Waals surface area contributed by atoms with Crippen LogP contribution < -0.4 is 21.9 Å². The van der Waals surface area contributed by atoms with Gasteiger partial charge in [0.25, 0.3) is 11.5 Å². The summed E-state index contributed by atoms with van der Waals surface area (Å²) in [6.45, 7) is 0. The molecule has 1 aromatic heterocycles. The Morgan fingerprint density at radius 2 is 1.92 bits per heavy atom. The number of benzene rings is 2. The Morgan fingerprint density at radius 3 is 2.65 bits per heavy atom. The van der Waals surface area contributed by atoms with Crippen molar-refractivity contribution >= 4 is 28.2 Å². The zero-order valence-corrected chi connectivity index (χ0v) is 14.0. The second-order valence-corrected chi connectivity index (χ2v) is 5.62. The maximum absolute atomic E-state index is 14.0. The number of hydrogen-bond acceptors (Lipinski definition) is 4. The predicted molar refractivity (Wildman–Crippen MR) is 100 cm³/mol. The summed E-state index contributed by atoms with van der Waals surface area (Å²) in [7, 11) is 1.43. The lowest BCUT2D eigenvalue weighted by Gasteiger charge is -2.07. The first-order valence-corrected chi connectivity index (χ1v) is 7.86. The molecule has 1 heterocycles. The van der Waals surface area contributed by atoms with Crippen molar-refractivity contribution in [3.8, 4) is 0 Å². The number of aromatic nitrogens is 1. The molecule has 0 aliphatic heterocycles. The first kappa shape index (κ1) is 17.2. The van der Waals surface area contributed by atoms with Crippen molar-refractivity contribution in [3.05, 3.63) is 82.0 Å². The number of hydrogen-bond donors (Lipinski definition) is 4. The number of pyridine rings is 1. The summed E-state index contributed by atoms with van der Waals surface area (Å²) in [5.41, 5.74) is 7.24. The van der Waals surface area contributed by atoms with Gasteiger partial charge in [0, 0.05) is 24.5 Å². The molecule has 0 atom stereocenters. The SMILES string of the molecule is CNC(=O)c1ccc(N/C=C(\N)c2cc3ccccc3[nH]c2=O)cc1F. The standard InChI is InChI=1S/C19H17FN4O2/c1-22-18(25)13-7-6-12(9-15(13)20)23-10-16(21)14-8-11-4-2-3-5-17(11)24-19(14)26/h2-10,23H,21H2,1H3,(H,22,25)(H,24,26)/b16-10-. The molecule has 1 amide bonds. The third-order valence-electron chi connectivity index (χ3n) is 3.90. The van der Waals surface area contributed by atoms with Gasteiger partial charge in [0.05, 0.1) is 16.8 Å². The highest BCUT2D eigenvalue weighted by molar-refractivity contribution is 5.94. The smallest absolute Gasteiger partial charge is 0.257 e. The summed E-state index contributed by atoms with van der Waals surface area (Å²) in [6, 6.07) is 13.1. The van der Waals surface area contributed by atoms with Crippen LogP contribution in [0.5, 0.6) is 0 Å². The van der Waals surface area contributed by atoms with Gasteiger partial charge in [-0.2, -0.15) is 0 Å². The average Bonchev–Trinajstić information content (AvgIpc) is 2.65. The molecule has 0 saturated heterocycles. The van der Waals surface area contributed by atoms with E-state index in [2.05, 4.69) is 15.6 Å². The van der Waals surface area contributed by atoms with Gasteiger partial charge in [0.2, 0.25) is 0 Å². The quantitative estimate of drug-likeness (QED) is 0.579. The number of carbonyl (C=O) groups is 1. The van der Waals surface area contributed by atoms with Crippen molar-refractivity contribution in [2.75, 3.05) is 12.4 Å². The van der Waals surface area contributed by atoms with Crippen LogP contribution in [0.3, 0.4) is 0 Å². The Morgan fingerprint density at radius 1 is 1.15 bits per heavy atom. The molecule has 132 valence electrons. The number of aromatic amines is 1. The molecule has 0 saturated carbocycles. The van der Waals surface area contributed by atoms with E-state index in [1.54, 1.807) is 18.2 Å². The van der Waals surface area contributed by atoms with E-state index in [0.29, 0.717) is 16.8 Å². The lowest BCUT2D eigenvalue weighted by molar-refractivity contribution is 0.0959. The van der Waals surface area contributed by atoms with Crippen molar-refractivity contribution in [2.24, 2.45) is 5.73 Å². The second kappa shape index (κ2) is 7.10. The average molecular weight is 352 g/mol. The number of anilines is 1. The van der Waals surface area contributed by atoms with Crippen LogP contribution in [0.1, 0.15) is 15.9 Å². The molecule has 26 heavy (non-hydrogen) atoms. The molecule has 0 aliphatic rings. The molecule has 6 nitrogen and oxygen atoms in total. The number of rotatable bonds is 4. The van der Waals surface area contributed by atoms with Gasteiger partial charge >= 0.3 is 0 Å². The highest BCUT2D eigenvalue weighted by atomic mass is 19.1. The summed E-state index contributed by atoms with van der Waals surface area (Å²) in [4.78, 5) is 26.4. The second-order valence-electron chi connectivity index (χ2n) is 5.62. The molecule has 3 aromatic rings. The van der Waals surface area contributed by atoms with Gasteiger partial charge in [-0.25, -0.2) is 4.39 Å². The van der Waals surface area contributed by atoms with Gasteiger partial charge in [0.15, 0.2) is 0 Å². The normalized spacial score (nSPS) is 11.4. The number of fused-ring (bicyclic) bond motifs is 1. The van der Waals surface area contributed by atoms with Crippen molar-refractivity contribution in [1.82, 2.24) is 10.3 Å². The van der Waals surface area contributed by atoms with Crippen LogP contribution in [0.2, 0.25) is 0 Å². The van der Waals surface area contributed by atoms with Crippen molar-refractivity contribution in [1.29, 1.82) is 0 Å². The number of nitrogens with two attached hydrogens (primary N) is 1. The van der Waals surface area contributed by atoms with Crippen LogP contribution in [-0.2, 0) is 0 Å². The summed E-state index contributed by atoms with van der Waals surface area (Å²) in [5, 5.41) is 6.04. The molecule has 5 N–H and O–H groups in total. The lowest BCUT2D eigenvalue weighted by Crippen LogP contribution is -2.19. The number of para-hydroxylation sites is 1. The van der Waals surface area contributed by atoms with Crippen molar-refractivity contribution < 1.29 is 9.18 Å². The maximum atomic E-state index is 14.0. The highest BCUT2D eigenvalue weighted by Crippen LogP contribution is 2.16. The van der Waals surface area contributed by atoms with Crippen LogP contribution in [-0.4, -0.2) is 17.9 Å². The van der Waals surface area contributed by atoms with Crippen molar-refractivity contribution in [2.45, 2.75) is 0 Å². The number of amides is 1. The highest BCUT2D eigenvalue weighted by Gasteiger charge is 2.10.